The number of ether oxygens (including phenoxy) is 1. The van der Waals surface area contributed by atoms with Gasteiger partial charge in [-0.3, -0.25) is 9.69 Å². The lowest BCUT2D eigenvalue weighted by Gasteiger charge is -2.26. The van der Waals surface area contributed by atoms with Crippen molar-refractivity contribution in [3.8, 4) is 0 Å². The van der Waals surface area contributed by atoms with Gasteiger partial charge in [-0.1, -0.05) is 30.1 Å². The lowest BCUT2D eigenvalue weighted by Crippen LogP contribution is -2.39. The average molecular weight is 304 g/mol. The Morgan fingerprint density at radius 1 is 1.42 bits per heavy atom. The number of hydrogen-bond donors (Lipinski definition) is 0. The van der Waals surface area contributed by atoms with Gasteiger partial charge in [-0.05, 0) is 31.7 Å². The first-order valence-electron chi connectivity index (χ1n) is 6.20. The number of benzene rings is 1. The summed E-state index contributed by atoms with van der Waals surface area (Å²) in [6.45, 7) is 5.71. The molecule has 0 aliphatic heterocycles. The van der Waals surface area contributed by atoms with Crippen LogP contribution >= 0.6 is 23.2 Å². The van der Waals surface area contributed by atoms with E-state index in [0.29, 0.717) is 28.8 Å². The van der Waals surface area contributed by atoms with E-state index in [9.17, 15) is 4.79 Å². The highest BCUT2D eigenvalue weighted by atomic mass is 35.5. The van der Waals surface area contributed by atoms with Gasteiger partial charge >= 0.3 is 0 Å². The molecular weight excluding hydrogens is 285 g/mol. The van der Waals surface area contributed by atoms with E-state index in [-0.39, 0.29) is 11.8 Å². The summed E-state index contributed by atoms with van der Waals surface area (Å²) in [5.74, 6) is -0.0303. The first-order chi connectivity index (χ1) is 8.99. The predicted molar refractivity (Wildman–Crippen MR) is 79.4 cm³/mol. The summed E-state index contributed by atoms with van der Waals surface area (Å²) < 4.78 is 5.12. The minimum atomic E-state index is -0.0303. The second-order valence-electron chi connectivity index (χ2n) is 4.41. The van der Waals surface area contributed by atoms with Gasteiger partial charge in [0.15, 0.2) is 5.78 Å². The number of rotatable bonds is 7. The first kappa shape index (κ1) is 16.4. The molecule has 106 valence electrons. The number of ketones is 1. The van der Waals surface area contributed by atoms with Crippen molar-refractivity contribution in [2.24, 2.45) is 0 Å². The Morgan fingerprint density at radius 3 is 2.68 bits per heavy atom. The highest BCUT2D eigenvalue weighted by Crippen LogP contribution is 2.21. The van der Waals surface area contributed by atoms with Crippen LogP contribution in [-0.2, 0) is 4.74 Å². The molecule has 1 rings (SSSR count). The van der Waals surface area contributed by atoms with Crippen molar-refractivity contribution >= 4 is 29.0 Å². The molecule has 0 amide bonds. The second-order valence-corrected chi connectivity index (χ2v) is 5.26. The Balaban J connectivity index is 2.79. The van der Waals surface area contributed by atoms with Crippen LogP contribution in [0.25, 0.3) is 0 Å². The zero-order chi connectivity index (χ0) is 14.4. The summed E-state index contributed by atoms with van der Waals surface area (Å²) in [6, 6.07) is 5.11. The average Bonchev–Trinajstić information content (AvgIpc) is 2.38. The molecule has 19 heavy (non-hydrogen) atoms. The molecule has 1 unspecified atom stereocenters. The van der Waals surface area contributed by atoms with E-state index in [1.165, 1.54) is 0 Å². The number of methoxy groups -OCH3 is 1. The summed E-state index contributed by atoms with van der Waals surface area (Å²) >= 11 is 11.9. The van der Waals surface area contributed by atoms with Crippen LogP contribution in [0.1, 0.15) is 24.2 Å². The molecule has 0 spiro atoms. The normalized spacial score (nSPS) is 12.7. The van der Waals surface area contributed by atoms with Crippen molar-refractivity contribution in [3.05, 3.63) is 33.8 Å². The molecule has 0 saturated heterocycles. The molecule has 0 bridgehead atoms. The maximum atomic E-state index is 12.3. The van der Waals surface area contributed by atoms with Crippen molar-refractivity contribution < 1.29 is 9.53 Å². The van der Waals surface area contributed by atoms with Gasteiger partial charge in [-0.25, -0.2) is 0 Å². The quantitative estimate of drug-likeness (QED) is 0.722. The van der Waals surface area contributed by atoms with Crippen LogP contribution in [0.4, 0.5) is 0 Å². The lowest BCUT2D eigenvalue weighted by atomic mass is 10.1. The topological polar surface area (TPSA) is 29.5 Å². The second kappa shape index (κ2) is 7.85. The maximum absolute atomic E-state index is 12.3. The third kappa shape index (κ3) is 4.77. The van der Waals surface area contributed by atoms with E-state index in [2.05, 4.69) is 0 Å². The smallest absolute Gasteiger partial charge is 0.178 e. The number of likely N-dealkylation sites (N-methyl/N-ethyl adjacent to an activating group) is 1. The van der Waals surface area contributed by atoms with Crippen molar-refractivity contribution in [1.82, 2.24) is 4.90 Å². The fourth-order valence-corrected chi connectivity index (χ4v) is 2.30. The van der Waals surface area contributed by atoms with Crippen LogP contribution in [-0.4, -0.2) is 43.5 Å². The van der Waals surface area contributed by atoms with Gasteiger partial charge in [-0.2, -0.15) is 0 Å². The van der Waals surface area contributed by atoms with Gasteiger partial charge in [0.2, 0.25) is 0 Å². The molecule has 0 aliphatic carbocycles. The molecule has 0 radical (unpaired) electrons. The third-order valence-corrected chi connectivity index (χ3v) is 3.58. The molecule has 0 heterocycles. The van der Waals surface area contributed by atoms with Crippen LogP contribution in [0.5, 0.6) is 0 Å². The van der Waals surface area contributed by atoms with Crippen molar-refractivity contribution in [2.75, 3.05) is 26.8 Å². The summed E-state index contributed by atoms with van der Waals surface area (Å²) in [7, 11) is 1.65. The lowest BCUT2D eigenvalue weighted by molar-refractivity contribution is 0.0788. The van der Waals surface area contributed by atoms with E-state index in [1.807, 2.05) is 18.7 Å². The van der Waals surface area contributed by atoms with Crippen LogP contribution in [0, 0.1) is 0 Å². The van der Waals surface area contributed by atoms with Gasteiger partial charge in [0.1, 0.15) is 0 Å². The monoisotopic (exact) mass is 303 g/mol. The molecule has 5 heteroatoms. The number of nitrogens with zero attached hydrogens (tertiary/aromatic N) is 1. The first-order valence-corrected chi connectivity index (χ1v) is 6.96. The molecule has 3 nitrogen and oxygen atoms in total. The van der Waals surface area contributed by atoms with E-state index < -0.39 is 0 Å². The van der Waals surface area contributed by atoms with Crippen molar-refractivity contribution in [2.45, 2.75) is 19.9 Å². The fraction of sp³-hybridized carbons (Fsp3) is 0.500. The minimum absolute atomic E-state index is 0.0303. The Morgan fingerprint density at radius 2 is 2.11 bits per heavy atom. The van der Waals surface area contributed by atoms with Gasteiger partial charge in [0.25, 0.3) is 0 Å². The highest BCUT2D eigenvalue weighted by Gasteiger charge is 2.18. The number of hydrogen-bond acceptors (Lipinski definition) is 3. The Hall–Kier alpha value is -0.610. The summed E-state index contributed by atoms with van der Waals surface area (Å²) in [5, 5.41) is 0.950. The molecule has 0 aliphatic rings. The maximum Gasteiger partial charge on any atom is 0.178 e. The Kier molecular flexibility index (Phi) is 6.80. The Bertz CT molecular complexity index is 437. The zero-order valence-electron chi connectivity index (χ0n) is 11.5. The van der Waals surface area contributed by atoms with E-state index >= 15 is 0 Å². The van der Waals surface area contributed by atoms with Crippen LogP contribution < -0.4 is 0 Å². The van der Waals surface area contributed by atoms with E-state index in [1.54, 1.807) is 25.3 Å². The predicted octanol–water partition coefficient (Wildman–Crippen LogP) is 3.53. The molecule has 0 N–H and O–H groups in total. The summed E-state index contributed by atoms with van der Waals surface area (Å²) in [4.78, 5) is 14.3. The van der Waals surface area contributed by atoms with E-state index in [4.69, 9.17) is 27.9 Å². The number of Topliss-reactive ketones (excluding diaryl/α,β-unsaturated/α-hetero) is 1. The molecule has 1 aromatic carbocycles. The van der Waals surface area contributed by atoms with Crippen LogP contribution in [0.15, 0.2) is 18.2 Å². The molecular formula is C14H19Cl2NO2. The summed E-state index contributed by atoms with van der Waals surface area (Å²) in [6.07, 6.45) is 0. The van der Waals surface area contributed by atoms with Crippen LogP contribution in [0.2, 0.25) is 10.0 Å². The van der Waals surface area contributed by atoms with Crippen molar-refractivity contribution in [1.29, 1.82) is 0 Å². The minimum Gasteiger partial charge on any atom is -0.383 e. The van der Waals surface area contributed by atoms with Gasteiger partial charge < -0.3 is 4.74 Å². The number of carbonyl (C=O) groups excluding carboxylic acids is 1. The van der Waals surface area contributed by atoms with Crippen LogP contribution in [0.3, 0.4) is 0 Å². The molecule has 1 atom stereocenters. The highest BCUT2D eigenvalue weighted by molar-refractivity contribution is 6.36. The standard InChI is InChI=1S/C14H19Cl2NO2/c1-4-17(10(2)9-19-3)8-14(18)12-7-11(15)5-6-13(12)16/h5-7,10H,4,8-9H2,1-3H3. The largest absolute Gasteiger partial charge is 0.383 e. The molecule has 0 saturated carbocycles. The number of carbonyl (C=O) groups is 1. The van der Waals surface area contributed by atoms with Gasteiger partial charge in [-0.15, -0.1) is 0 Å². The van der Waals surface area contributed by atoms with Gasteiger partial charge in [0, 0.05) is 23.7 Å². The Labute approximate surface area is 124 Å². The van der Waals surface area contributed by atoms with Crippen molar-refractivity contribution in [3.63, 3.8) is 0 Å². The molecule has 0 fully saturated rings. The SMILES string of the molecule is CCN(CC(=O)c1cc(Cl)ccc1Cl)C(C)COC. The zero-order valence-corrected chi connectivity index (χ0v) is 13.0. The summed E-state index contributed by atoms with van der Waals surface area (Å²) in [5.41, 5.74) is 0.470. The van der Waals surface area contributed by atoms with E-state index in [0.717, 1.165) is 6.54 Å². The molecule has 0 aromatic heterocycles. The number of halogens is 2. The van der Waals surface area contributed by atoms with Gasteiger partial charge in [0.05, 0.1) is 18.2 Å². The molecule has 1 aromatic rings. The fourth-order valence-electron chi connectivity index (χ4n) is 1.91. The third-order valence-electron chi connectivity index (χ3n) is 3.01.